The van der Waals surface area contributed by atoms with E-state index in [9.17, 15) is 0 Å². The van der Waals surface area contributed by atoms with Crippen LogP contribution in [0.15, 0.2) is 18.2 Å². The highest BCUT2D eigenvalue weighted by molar-refractivity contribution is 6.33. The zero-order valence-electron chi connectivity index (χ0n) is 11.2. The SMILES string of the molecule is CCC1CN(c2ccc(CN)cc2Cl)CCN1C. The molecule has 1 aliphatic rings. The minimum atomic E-state index is 0.542. The number of nitrogens with zero attached hydrogens (tertiary/aromatic N) is 2. The summed E-state index contributed by atoms with van der Waals surface area (Å²) >= 11 is 6.36. The van der Waals surface area contributed by atoms with Crippen molar-refractivity contribution >= 4 is 17.3 Å². The van der Waals surface area contributed by atoms with Gasteiger partial charge in [0.25, 0.3) is 0 Å². The monoisotopic (exact) mass is 267 g/mol. The number of piperazine rings is 1. The van der Waals surface area contributed by atoms with E-state index in [4.69, 9.17) is 17.3 Å². The number of nitrogens with two attached hydrogens (primary N) is 1. The van der Waals surface area contributed by atoms with E-state index in [0.717, 1.165) is 35.9 Å². The van der Waals surface area contributed by atoms with E-state index < -0.39 is 0 Å². The van der Waals surface area contributed by atoms with Gasteiger partial charge in [0, 0.05) is 32.2 Å². The van der Waals surface area contributed by atoms with Crippen LogP contribution in [0.5, 0.6) is 0 Å². The van der Waals surface area contributed by atoms with Crippen molar-refractivity contribution in [3.05, 3.63) is 28.8 Å². The summed E-state index contributed by atoms with van der Waals surface area (Å²) < 4.78 is 0. The lowest BCUT2D eigenvalue weighted by Gasteiger charge is -2.40. The highest BCUT2D eigenvalue weighted by atomic mass is 35.5. The number of halogens is 1. The van der Waals surface area contributed by atoms with Gasteiger partial charge in [0.2, 0.25) is 0 Å². The van der Waals surface area contributed by atoms with Crippen LogP contribution >= 0.6 is 11.6 Å². The first kappa shape index (κ1) is 13.7. The largest absolute Gasteiger partial charge is 0.367 e. The Morgan fingerprint density at radius 1 is 1.39 bits per heavy atom. The van der Waals surface area contributed by atoms with Gasteiger partial charge < -0.3 is 10.6 Å². The molecule has 3 nitrogen and oxygen atoms in total. The van der Waals surface area contributed by atoms with Crippen LogP contribution < -0.4 is 10.6 Å². The van der Waals surface area contributed by atoms with Gasteiger partial charge >= 0.3 is 0 Å². The highest BCUT2D eigenvalue weighted by Gasteiger charge is 2.24. The Labute approximate surface area is 115 Å². The summed E-state index contributed by atoms with van der Waals surface area (Å²) in [6, 6.07) is 6.77. The first-order chi connectivity index (χ1) is 8.65. The van der Waals surface area contributed by atoms with Crippen molar-refractivity contribution in [1.29, 1.82) is 0 Å². The zero-order valence-corrected chi connectivity index (χ0v) is 12.0. The van der Waals surface area contributed by atoms with Crippen LogP contribution in [-0.4, -0.2) is 37.6 Å². The van der Waals surface area contributed by atoms with Crippen LogP contribution in [0.25, 0.3) is 0 Å². The zero-order chi connectivity index (χ0) is 13.1. The molecule has 0 bridgehead atoms. The van der Waals surface area contributed by atoms with Crippen molar-refractivity contribution in [2.75, 3.05) is 31.6 Å². The second-order valence-electron chi connectivity index (χ2n) is 4.98. The van der Waals surface area contributed by atoms with Crippen molar-refractivity contribution in [1.82, 2.24) is 4.90 Å². The molecule has 4 heteroatoms. The fourth-order valence-corrected chi connectivity index (χ4v) is 2.86. The molecule has 100 valence electrons. The molecule has 2 N–H and O–H groups in total. The molecule has 0 aromatic heterocycles. The van der Waals surface area contributed by atoms with Gasteiger partial charge in [-0.1, -0.05) is 24.6 Å². The van der Waals surface area contributed by atoms with Crippen LogP contribution in [0.3, 0.4) is 0 Å². The Kier molecular flexibility index (Phi) is 4.49. The van der Waals surface area contributed by atoms with Gasteiger partial charge in [-0.2, -0.15) is 0 Å². The van der Waals surface area contributed by atoms with Gasteiger partial charge in [0.15, 0.2) is 0 Å². The molecule has 1 saturated heterocycles. The molecule has 1 fully saturated rings. The standard InChI is InChI=1S/C14H22ClN3/c1-3-12-10-18(7-6-17(12)2)14-5-4-11(9-16)8-13(14)15/h4-5,8,12H,3,6-7,9-10,16H2,1-2H3. The Balaban J connectivity index is 2.16. The van der Waals surface area contributed by atoms with E-state index in [-0.39, 0.29) is 0 Å². The topological polar surface area (TPSA) is 32.5 Å². The highest BCUT2D eigenvalue weighted by Crippen LogP contribution is 2.28. The molecule has 1 aromatic rings. The van der Waals surface area contributed by atoms with Crippen molar-refractivity contribution in [2.45, 2.75) is 25.9 Å². The lowest BCUT2D eigenvalue weighted by atomic mass is 10.1. The van der Waals surface area contributed by atoms with Gasteiger partial charge in [-0.3, -0.25) is 4.90 Å². The van der Waals surface area contributed by atoms with Gasteiger partial charge in [-0.15, -0.1) is 0 Å². The van der Waals surface area contributed by atoms with Gasteiger partial charge in [0.1, 0.15) is 0 Å². The average Bonchev–Trinajstić information content (AvgIpc) is 2.39. The molecule has 1 aliphatic heterocycles. The van der Waals surface area contributed by atoms with E-state index in [1.165, 1.54) is 6.42 Å². The van der Waals surface area contributed by atoms with E-state index in [2.05, 4.69) is 35.9 Å². The molecular weight excluding hydrogens is 246 g/mol. The van der Waals surface area contributed by atoms with Gasteiger partial charge in [-0.05, 0) is 31.2 Å². The van der Waals surface area contributed by atoms with Crippen LogP contribution in [0.1, 0.15) is 18.9 Å². The van der Waals surface area contributed by atoms with Crippen molar-refractivity contribution in [2.24, 2.45) is 5.73 Å². The molecule has 0 spiro atoms. The summed E-state index contributed by atoms with van der Waals surface area (Å²) in [5, 5.41) is 0.817. The quantitative estimate of drug-likeness (QED) is 0.912. The number of hydrogen-bond acceptors (Lipinski definition) is 3. The van der Waals surface area contributed by atoms with Gasteiger partial charge in [0.05, 0.1) is 10.7 Å². The lowest BCUT2D eigenvalue weighted by molar-refractivity contribution is 0.213. The minimum Gasteiger partial charge on any atom is -0.367 e. The summed E-state index contributed by atoms with van der Waals surface area (Å²) in [6.45, 7) is 5.96. The first-order valence-corrected chi connectivity index (χ1v) is 6.97. The normalized spacial score (nSPS) is 21.3. The molecule has 0 saturated carbocycles. The second kappa shape index (κ2) is 5.91. The number of benzene rings is 1. The van der Waals surface area contributed by atoms with Crippen molar-refractivity contribution in [3.8, 4) is 0 Å². The fourth-order valence-electron chi connectivity index (χ4n) is 2.54. The molecule has 0 amide bonds. The van der Waals surface area contributed by atoms with E-state index in [1.54, 1.807) is 0 Å². The molecule has 1 unspecified atom stereocenters. The molecular formula is C14H22ClN3. The Morgan fingerprint density at radius 2 is 2.17 bits per heavy atom. The third-order valence-corrected chi connectivity index (χ3v) is 4.14. The summed E-state index contributed by atoms with van der Waals surface area (Å²) in [7, 11) is 2.20. The van der Waals surface area contributed by atoms with Crippen LogP contribution in [0.2, 0.25) is 5.02 Å². The number of anilines is 1. The maximum absolute atomic E-state index is 6.36. The number of rotatable bonds is 3. The maximum Gasteiger partial charge on any atom is 0.0642 e. The number of hydrogen-bond donors (Lipinski definition) is 1. The lowest BCUT2D eigenvalue weighted by Crippen LogP contribution is -2.51. The summed E-state index contributed by atoms with van der Waals surface area (Å²) in [5.74, 6) is 0. The minimum absolute atomic E-state index is 0.542. The molecule has 18 heavy (non-hydrogen) atoms. The summed E-state index contributed by atoms with van der Waals surface area (Å²) in [4.78, 5) is 4.81. The molecule has 1 aromatic carbocycles. The second-order valence-corrected chi connectivity index (χ2v) is 5.39. The molecule has 0 radical (unpaired) electrons. The van der Waals surface area contributed by atoms with Crippen LogP contribution in [-0.2, 0) is 6.54 Å². The molecule has 1 heterocycles. The Morgan fingerprint density at radius 3 is 2.78 bits per heavy atom. The summed E-state index contributed by atoms with van der Waals surface area (Å²) in [5.41, 5.74) is 7.86. The van der Waals surface area contributed by atoms with Crippen LogP contribution in [0.4, 0.5) is 5.69 Å². The van der Waals surface area contributed by atoms with E-state index >= 15 is 0 Å². The Bertz CT molecular complexity index is 408. The molecule has 2 rings (SSSR count). The van der Waals surface area contributed by atoms with Crippen molar-refractivity contribution < 1.29 is 0 Å². The fraction of sp³-hybridized carbons (Fsp3) is 0.571. The molecule has 0 aliphatic carbocycles. The predicted molar refractivity (Wildman–Crippen MR) is 78.3 cm³/mol. The molecule has 1 atom stereocenters. The smallest absolute Gasteiger partial charge is 0.0642 e. The summed E-state index contributed by atoms with van der Waals surface area (Å²) in [6.07, 6.45) is 1.17. The number of likely N-dealkylation sites (N-methyl/N-ethyl adjacent to an activating group) is 1. The average molecular weight is 268 g/mol. The first-order valence-electron chi connectivity index (χ1n) is 6.59. The van der Waals surface area contributed by atoms with Gasteiger partial charge in [-0.25, -0.2) is 0 Å². The third-order valence-electron chi connectivity index (χ3n) is 3.84. The van der Waals surface area contributed by atoms with Crippen molar-refractivity contribution in [3.63, 3.8) is 0 Å². The Hall–Kier alpha value is -0.770. The van der Waals surface area contributed by atoms with Crippen LogP contribution in [0, 0.1) is 0 Å². The maximum atomic E-state index is 6.36. The predicted octanol–water partition coefficient (Wildman–Crippen LogP) is 2.33. The third kappa shape index (κ3) is 2.79. The van der Waals surface area contributed by atoms with E-state index in [1.807, 2.05) is 6.07 Å². The van der Waals surface area contributed by atoms with E-state index in [0.29, 0.717) is 12.6 Å².